The maximum atomic E-state index is 4.39. The number of hydrogen-bond acceptors (Lipinski definition) is 3. The van der Waals surface area contributed by atoms with Gasteiger partial charge in [0.25, 0.3) is 0 Å². The van der Waals surface area contributed by atoms with E-state index in [2.05, 4.69) is 22.4 Å². The first-order valence-corrected chi connectivity index (χ1v) is 6.88. The van der Waals surface area contributed by atoms with E-state index in [-0.39, 0.29) is 0 Å². The van der Waals surface area contributed by atoms with Crippen molar-refractivity contribution < 1.29 is 0 Å². The summed E-state index contributed by atoms with van der Waals surface area (Å²) in [5.41, 5.74) is 5.26. The topological polar surface area (TPSA) is 47.7 Å². The van der Waals surface area contributed by atoms with Crippen molar-refractivity contribution in [1.29, 1.82) is 0 Å². The predicted octanol–water partition coefficient (Wildman–Crippen LogP) is 1.63. The van der Waals surface area contributed by atoms with Crippen LogP contribution in [0, 0.1) is 6.92 Å². The lowest BCUT2D eigenvalue weighted by molar-refractivity contribution is 0.451. The first-order chi connectivity index (χ1) is 9.16. The van der Waals surface area contributed by atoms with Crippen LogP contribution >= 0.6 is 0 Å². The second-order valence-electron chi connectivity index (χ2n) is 5.37. The second-order valence-corrected chi connectivity index (χ2v) is 5.37. The number of nitrogens with zero attached hydrogens (tertiary/aromatic N) is 4. The molecule has 0 saturated carbocycles. The lowest BCUT2D eigenvalue weighted by Gasteiger charge is -2.23. The molecule has 1 aliphatic rings. The Morgan fingerprint density at radius 3 is 2.79 bits per heavy atom. The molecule has 0 aliphatic heterocycles. The third-order valence-electron chi connectivity index (χ3n) is 4.25. The van der Waals surface area contributed by atoms with E-state index in [4.69, 9.17) is 0 Å². The van der Waals surface area contributed by atoms with Gasteiger partial charge in [0.2, 0.25) is 0 Å². The zero-order valence-corrected chi connectivity index (χ0v) is 11.8. The minimum absolute atomic E-state index is 0.428. The van der Waals surface area contributed by atoms with E-state index < -0.39 is 0 Å². The highest BCUT2D eigenvalue weighted by atomic mass is 15.3. The van der Waals surface area contributed by atoms with Crippen molar-refractivity contribution in [2.45, 2.75) is 38.8 Å². The first kappa shape index (κ1) is 12.4. The Hall–Kier alpha value is -1.62. The minimum atomic E-state index is 0.428. The third-order valence-corrected chi connectivity index (χ3v) is 4.25. The molecule has 2 aromatic heterocycles. The van der Waals surface area contributed by atoms with Crippen molar-refractivity contribution >= 4 is 0 Å². The van der Waals surface area contributed by atoms with Gasteiger partial charge >= 0.3 is 0 Å². The summed E-state index contributed by atoms with van der Waals surface area (Å²) < 4.78 is 3.94. The molecule has 19 heavy (non-hydrogen) atoms. The van der Waals surface area contributed by atoms with Crippen LogP contribution in [0.25, 0.3) is 0 Å². The number of fused-ring (bicyclic) bond motifs is 1. The van der Waals surface area contributed by atoms with E-state index in [1.165, 1.54) is 35.4 Å². The van der Waals surface area contributed by atoms with E-state index in [0.29, 0.717) is 6.04 Å². The molecule has 1 aliphatic carbocycles. The molecule has 0 saturated heterocycles. The molecule has 5 nitrogen and oxygen atoms in total. The van der Waals surface area contributed by atoms with Crippen LogP contribution in [0.3, 0.4) is 0 Å². The summed E-state index contributed by atoms with van der Waals surface area (Å²) in [7, 11) is 4.02. The lowest BCUT2D eigenvalue weighted by atomic mass is 9.93. The Morgan fingerprint density at radius 2 is 2.05 bits per heavy atom. The average Bonchev–Trinajstić information content (AvgIpc) is 2.94. The van der Waals surface area contributed by atoms with Gasteiger partial charge in [-0.25, -0.2) is 0 Å². The van der Waals surface area contributed by atoms with Crippen LogP contribution < -0.4 is 5.32 Å². The molecule has 1 unspecified atom stereocenters. The van der Waals surface area contributed by atoms with Crippen molar-refractivity contribution in [2.75, 3.05) is 0 Å². The number of nitrogens with one attached hydrogen (secondary N) is 1. The van der Waals surface area contributed by atoms with Crippen LogP contribution in [-0.4, -0.2) is 19.6 Å². The van der Waals surface area contributed by atoms with Gasteiger partial charge in [-0.05, 0) is 26.2 Å². The number of rotatable bonds is 3. The molecular weight excluding hydrogens is 238 g/mol. The highest BCUT2D eigenvalue weighted by Gasteiger charge is 2.23. The summed E-state index contributed by atoms with van der Waals surface area (Å²) >= 11 is 0. The molecule has 0 fully saturated rings. The van der Waals surface area contributed by atoms with E-state index >= 15 is 0 Å². The first-order valence-electron chi connectivity index (χ1n) is 6.88. The van der Waals surface area contributed by atoms with E-state index in [9.17, 15) is 0 Å². The average molecular weight is 259 g/mol. The molecule has 0 amide bonds. The highest BCUT2D eigenvalue weighted by molar-refractivity contribution is 5.25. The Bertz CT molecular complexity index is 581. The molecular formula is C14H21N5. The van der Waals surface area contributed by atoms with Gasteiger partial charge in [0.05, 0.1) is 12.4 Å². The molecule has 0 aromatic carbocycles. The minimum Gasteiger partial charge on any atom is -0.306 e. The van der Waals surface area contributed by atoms with Crippen LogP contribution in [0.2, 0.25) is 0 Å². The maximum absolute atomic E-state index is 4.39. The van der Waals surface area contributed by atoms with Crippen LogP contribution in [0.15, 0.2) is 12.4 Å². The zero-order valence-electron chi connectivity index (χ0n) is 11.8. The summed E-state index contributed by atoms with van der Waals surface area (Å²) in [5, 5.41) is 12.3. The Labute approximate surface area is 113 Å². The molecule has 1 atom stereocenters. The van der Waals surface area contributed by atoms with Gasteiger partial charge in [0.15, 0.2) is 0 Å². The number of aryl methyl sites for hydroxylation is 2. The van der Waals surface area contributed by atoms with Crippen molar-refractivity contribution in [3.05, 3.63) is 34.9 Å². The van der Waals surface area contributed by atoms with Gasteiger partial charge in [-0.2, -0.15) is 10.2 Å². The molecule has 3 rings (SSSR count). The predicted molar refractivity (Wildman–Crippen MR) is 73.7 cm³/mol. The summed E-state index contributed by atoms with van der Waals surface area (Å²) in [6.07, 6.45) is 7.54. The van der Waals surface area contributed by atoms with Crippen LogP contribution in [0.5, 0.6) is 0 Å². The number of hydrogen-bond donors (Lipinski definition) is 1. The number of aromatic nitrogens is 4. The fourth-order valence-electron chi connectivity index (χ4n) is 2.87. The fraction of sp³-hybridized carbons (Fsp3) is 0.571. The zero-order chi connectivity index (χ0) is 13.4. The Morgan fingerprint density at radius 1 is 1.26 bits per heavy atom. The molecule has 0 bridgehead atoms. The summed E-state index contributed by atoms with van der Waals surface area (Å²) in [6, 6.07) is 0.428. The quantitative estimate of drug-likeness (QED) is 0.911. The monoisotopic (exact) mass is 259 g/mol. The van der Waals surface area contributed by atoms with Crippen molar-refractivity contribution in [3.63, 3.8) is 0 Å². The smallest absolute Gasteiger partial charge is 0.0540 e. The Balaban J connectivity index is 1.73. The van der Waals surface area contributed by atoms with E-state index in [1.54, 1.807) is 0 Å². The standard InChI is InChI=1S/C14H21N5/c1-10-11(8-16-18(10)2)7-15-13-5-4-6-14-12(13)9-17-19(14)3/h8-9,13,15H,4-7H2,1-3H3. The third kappa shape index (κ3) is 2.18. The molecule has 1 N–H and O–H groups in total. The molecule has 102 valence electrons. The Kier molecular flexibility index (Phi) is 3.14. The molecule has 2 heterocycles. The molecule has 2 aromatic rings. The molecule has 0 spiro atoms. The van der Waals surface area contributed by atoms with E-state index in [0.717, 1.165) is 13.0 Å². The largest absolute Gasteiger partial charge is 0.306 e. The lowest BCUT2D eigenvalue weighted by Crippen LogP contribution is -2.25. The van der Waals surface area contributed by atoms with Crippen LogP contribution in [0.4, 0.5) is 0 Å². The summed E-state index contributed by atoms with van der Waals surface area (Å²) in [4.78, 5) is 0. The normalized spacial score (nSPS) is 18.6. The van der Waals surface area contributed by atoms with Crippen molar-refractivity contribution in [1.82, 2.24) is 24.9 Å². The summed E-state index contributed by atoms with van der Waals surface area (Å²) in [5.74, 6) is 0. The molecule has 5 heteroatoms. The van der Waals surface area contributed by atoms with Gasteiger partial charge in [-0.15, -0.1) is 0 Å². The van der Waals surface area contributed by atoms with Crippen LogP contribution in [0.1, 0.15) is 41.4 Å². The maximum Gasteiger partial charge on any atom is 0.0540 e. The molecule has 0 radical (unpaired) electrons. The second kappa shape index (κ2) is 4.81. The van der Waals surface area contributed by atoms with Gasteiger partial charge in [-0.3, -0.25) is 9.36 Å². The van der Waals surface area contributed by atoms with Gasteiger partial charge in [-0.1, -0.05) is 0 Å². The van der Waals surface area contributed by atoms with Gasteiger partial charge in [0.1, 0.15) is 0 Å². The van der Waals surface area contributed by atoms with Gasteiger partial charge < -0.3 is 5.32 Å². The summed E-state index contributed by atoms with van der Waals surface area (Å²) in [6.45, 7) is 2.99. The van der Waals surface area contributed by atoms with E-state index in [1.807, 2.05) is 35.9 Å². The SMILES string of the molecule is Cc1c(CNC2CCCc3c2cnn3C)cnn1C. The fourth-order valence-corrected chi connectivity index (χ4v) is 2.87. The van der Waals surface area contributed by atoms with Crippen molar-refractivity contribution in [3.8, 4) is 0 Å². The highest BCUT2D eigenvalue weighted by Crippen LogP contribution is 2.29. The van der Waals surface area contributed by atoms with Crippen molar-refractivity contribution in [2.24, 2.45) is 14.1 Å². The van der Waals surface area contributed by atoms with Gasteiger partial charge in [0, 0.05) is 49.2 Å². The van der Waals surface area contributed by atoms with Crippen LogP contribution in [-0.2, 0) is 27.1 Å².